The zero-order chi connectivity index (χ0) is 21.7. The molecule has 1 aromatic carbocycles. The summed E-state index contributed by atoms with van der Waals surface area (Å²) in [6.45, 7) is 6.18. The molecule has 0 unspecified atom stereocenters. The minimum Gasteiger partial charge on any atom is -0.381 e. The van der Waals surface area contributed by atoms with E-state index in [1.165, 1.54) is 6.33 Å². The first kappa shape index (κ1) is 21.0. The van der Waals surface area contributed by atoms with Gasteiger partial charge in [-0.05, 0) is 38.3 Å². The molecule has 1 aliphatic heterocycles. The van der Waals surface area contributed by atoms with Crippen molar-refractivity contribution in [3.63, 3.8) is 0 Å². The average molecular weight is 421 g/mol. The molecule has 3 heterocycles. The molecule has 1 fully saturated rings. The van der Waals surface area contributed by atoms with Crippen molar-refractivity contribution in [2.75, 3.05) is 31.6 Å². The van der Waals surface area contributed by atoms with Crippen LogP contribution in [0.2, 0.25) is 0 Å². The van der Waals surface area contributed by atoms with Gasteiger partial charge in [0.1, 0.15) is 12.1 Å². The number of aryl methyl sites for hydroxylation is 2. The first-order valence-electron chi connectivity index (χ1n) is 10.6. The number of rotatable bonds is 7. The van der Waals surface area contributed by atoms with E-state index < -0.39 is 5.41 Å². The van der Waals surface area contributed by atoms with Crippen molar-refractivity contribution < 1.29 is 9.53 Å². The maximum Gasteiger partial charge on any atom is 0.230 e. The van der Waals surface area contributed by atoms with Crippen LogP contribution in [-0.4, -0.2) is 52.0 Å². The quantitative estimate of drug-likeness (QED) is 0.571. The topological polar surface area (TPSA) is 94.0 Å². The average Bonchev–Trinajstić information content (AvgIpc) is 3.15. The van der Waals surface area contributed by atoms with E-state index in [2.05, 4.69) is 25.7 Å². The van der Waals surface area contributed by atoms with Crippen LogP contribution >= 0.6 is 0 Å². The van der Waals surface area contributed by atoms with Gasteiger partial charge >= 0.3 is 0 Å². The predicted octanol–water partition coefficient (Wildman–Crippen LogP) is 2.56. The summed E-state index contributed by atoms with van der Waals surface area (Å²) in [5.74, 6) is 1.45. The lowest BCUT2D eigenvalue weighted by molar-refractivity contribution is -0.130. The molecular weight excluding hydrogens is 392 g/mol. The Morgan fingerprint density at radius 2 is 1.87 bits per heavy atom. The smallest absolute Gasteiger partial charge is 0.230 e. The van der Waals surface area contributed by atoms with Gasteiger partial charge in [0.15, 0.2) is 5.82 Å². The van der Waals surface area contributed by atoms with Crippen LogP contribution in [0.4, 0.5) is 5.82 Å². The van der Waals surface area contributed by atoms with Gasteiger partial charge < -0.3 is 15.4 Å². The maximum absolute atomic E-state index is 13.2. The summed E-state index contributed by atoms with van der Waals surface area (Å²) in [5.41, 5.74) is 2.47. The molecule has 0 spiro atoms. The third kappa shape index (κ3) is 4.59. The summed E-state index contributed by atoms with van der Waals surface area (Å²) in [6.07, 6.45) is 2.89. The van der Waals surface area contributed by atoms with Gasteiger partial charge in [0, 0.05) is 38.1 Å². The normalized spacial score (nSPS) is 15.4. The van der Waals surface area contributed by atoms with Crippen LogP contribution in [0.5, 0.6) is 0 Å². The minimum absolute atomic E-state index is 0.0508. The number of nitrogens with zero attached hydrogens (tertiary/aromatic N) is 4. The van der Waals surface area contributed by atoms with Crippen molar-refractivity contribution in [1.82, 2.24) is 25.1 Å². The Labute approximate surface area is 182 Å². The summed E-state index contributed by atoms with van der Waals surface area (Å²) < 4.78 is 7.31. The van der Waals surface area contributed by atoms with Crippen LogP contribution in [0.15, 0.2) is 48.8 Å². The van der Waals surface area contributed by atoms with E-state index in [0.717, 1.165) is 17.0 Å². The van der Waals surface area contributed by atoms with Crippen LogP contribution in [-0.2, 0) is 14.9 Å². The Bertz CT molecular complexity index is 1030. The fourth-order valence-electron chi connectivity index (χ4n) is 4.08. The molecule has 1 amide bonds. The number of aromatic nitrogens is 4. The lowest BCUT2D eigenvalue weighted by Gasteiger charge is -2.36. The van der Waals surface area contributed by atoms with Crippen molar-refractivity contribution in [2.45, 2.75) is 32.1 Å². The molecule has 4 rings (SSSR count). The van der Waals surface area contributed by atoms with E-state index >= 15 is 0 Å². The first-order valence-corrected chi connectivity index (χ1v) is 10.6. The lowest BCUT2D eigenvalue weighted by atomic mass is 9.73. The molecular formula is C23H28N6O2. The molecule has 0 aliphatic carbocycles. The predicted molar refractivity (Wildman–Crippen MR) is 118 cm³/mol. The van der Waals surface area contributed by atoms with E-state index in [0.29, 0.717) is 50.8 Å². The Hall–Kier alpha value is -3.26. The molecule has 162 valence electrons. The number of ether oxygens (including phenoxy) is 1. The number of amides is 1. The highest BCUT2D eigenvalue weighted by Crippen LogP contribution is 2.35. The molecule has 8 nitrogen and oxygen atoms in total. The van der Waals surface area contributed by atoms with Gasteiger partial charge in [-0.1, -0.05) is 30.3 Å². The van der Waals surface area contributed by atoms with Crippen molar-refractivity contribution in [2.24, 2.45) is 0 Å². The SMILES string of the molecule is Cc1cc(C)n(-c2cc(NCCNC(=O)C3(c4ccccc4)CCOCC3)ncn2)n1. The van der Waals surface area contributed by atoms with E-state index in [9.17, 15) is 4.79 Å². The summed E-state index contributed by atoms with van der Waals surface area (Å²) in [5, 5.41) is 10.8. The monoisotopic (exact) mass is 420 g/mol. The Balaban J connectivity index is 1.37. The molecule has 8 heteroatoms. The van der Waals surface area contributed by atoms with Crippen LogP contribution in [0.3, 0.4) is 0 Å². The number of anilines is 1. The molecule has 0 bridgehead atoms. The van der Waals surface area contributed by atoms with Crippen molar-refractivity contribution in [3.8, 4) is 5.82 Å². The third-order valence-corrected chi connectivity index (χ3v) is 5.70. The highest BCUT2D eigenvalue weighted by molar-refractivity contribution is 5.88. The number of carbonyl (C=O) groups is 1. The third-order valence-electron chi connectivity index (χ3n) is 5.70. The van der Waals surface area contributed by atoms with E-state index in [1.54, 1.807) is 4.68 Å². The molecule has 2 N–H and O–H groups in total. The minimum atomic E-state index is -0.531. The lowest BCUT2D eigenvalue weighted by Crippen LogP contribution is -2.49. The Morgan fingerprint density at radius 1 is 1.10 bits per heavy atom. The van der Waals surface area contributed by atoms with Gasteiger partial charge in [-0.15, -0.1) is 0 Å². The van der Waals surface area contributed by atoms with Gasteiger partial charge in [-0.3, -0.25) is 4.79 Å². The summed E-state index contributed by atoms with van der Waals surface area (Å²) in [7, 11) is 0. The molecule has 0 atom stereocenters. The Kier molecular flexibility index (Phi) is 6.27. The van der Waals surface area contributed by atoms with Crippen LogP contribution in [0, 0.1) is 13.8 Å². The van der Waals surface area contributed by atoms with E-state index in [4.69, 9.17) is 4.74 Å². The van der Waals surface area contributed by atoms with Gasteiger partial charge in [-0.2, -0.15) is 5.10 Å². The molecule has 2 aromatic heterocycles. The number of hydrogen-bond acceptors (Lipinski definition) is 6. The summed E-state index contributed by atoms with van der Waals surface area (Å²) >= 11 is 0. The van der Waals surface area contributed by atoms with Gasteiger partial charge in [0.05, 0.1) is 11.1 Å². The zero-order valence-corrected chi connectivity index (χ0v) is 18.0. The van der Waals surface area contributed by atoms with Crippen molar-refractivity contribution in [3.05, 3.63) is 65.7 Å². The number of benzene rings is 1. The molecule has 3 aromatic rings. The largest absolute Gasteiger partial charge is 0.381 e. The highest BCUT2D eigenvalue weighted by Gasteiger charge is 2.41. The summed E-state index contributed by atoms with van der Waals surface area (Å²) in [4.78, 5) is 21.8. The second-order valence-corrected chi connectivity index (χ2v) is 7.84. The zero-order valence-electron chi connectivity index (χ0n) is 18.0. The highest BCUT2D eigenvalue weighted by atomic mass is 16.5. The molecule has 1 saturated heterocycles. The van der Waals surface area contributed by atoms with Gasteiger partial charge in [0.25, 0.3) is 0 Å². The summed E-state index contributed by atoms with van der Waals surface area (Å²) in [6, 6.07) is 13.9. The van der Waals surface area contributed by atoms with Crippen molar-refractivity contribution >= 4 is 11.7 Å². The molecule has 1 aliphatic rings. The number of nitrogens with one attached hydrogen (secondary N) is 2. The van der Waals surface area contributed by atoms with Crippen LogP contribution in [0.25, 0.3) is 5.82 Å². The van der Waals surface area contributed by atoms with Gasteiger partial charge in [-0.25, -0.2) is 14.6 Å². The van der Waals surface area contributed by atoms with Crippen molar-refractivity contribution in [1.29, 1.82) is 0 Å². The molecule has 31 heavy (non-hydrogen) atoms. The van der Waals surface area contributed by atoms with E-state index in [-0.39, 0.29) is 5.91 Å². The van der Waals surface area contributed by atoms with Crippen LogP contribution < -0.4 is 10.6 Å². The number of carbonyl (C=O) groups excluding carboxylic acids is 1. The van der Waals surface area contributed by atoms with Crippen LogP contribution in [0.1, 0.15) is 29.8 Å². The fraction of sp³-hybridized carbons (Fsp3) is 0.391. The standard InChI is InChI=1S/C23H28N6O2/c1-17-14-18(2)29(28-17)21-15-20(26-16-27-21)24-10-11-25-22(30)23(8-12-31-13-9-23)19-6-4-3-5-7-19/h3-7,14-16H,8-13H2,1-2H3,(H,25,30)(H,24,26,27). The molecule has 0 radical (unpaired) electrons. The first-order chi connectivity index (χ1) is 15.1. The second kappa shape index (κ2) is 9.26. The second-order valence-electron chi connectivity index (χ2n) is 7.84. The number of hydrogen-bond donors (Lipinski definition) is 2. The Morgan fingerprint density at radius 3 is 2.58 bits per heavy atom. The maximum atomic E-state index is 13.2. The molecule has 0 saturated carbocycles. The van der Waals surface area contributed by atoms with E-state index in [1.807, 2.05) is 56.3 Å². The fourth-order valence-corrected chi connectivity index (χ4v) is 4.08. The van der Waals surface area contributed by atoms with Gasteiger partial charge in [0.2, 0.25) is 5.91 Å².